The van der Waals surface area contributed by atoms with Gasteiger partial charge in [-0.15, -0.1) is 0 Å². The van der Waals surface area contributed by atoms with Crippen LogP contribution < -0.4 is 5.32 Å². The van der Waals surface area contributed by atoms with Gasteiger partial charge in [-0.1, -0.05) is 43.6 Å². The van der Waals surface area contributed by atoms with Gasteiger partial charge in [0.2, 0.25) is 5.91 Å². The average Bonchev–Trinajstić information content (AvgIpc) is 1.96. The van der Waals surface area contributed by atoms with Crippen LogP contribution in [0.5, 0.6) is 0 Å². The molecule has 1 amide bonds. The van der Waals surface area contributed by atoms with E-state index in [2.05, 4.69) is 48.9 Å². The van der Waals surface area contributed by atoms with Crippen molar-refractivity contribution >= 4 is 21.8 Å². The van der Waals surface area contributed by atoms with Crippen LogP contribution in [0.4, 0.5) is 0 Å². The van der Waals surface area contributed by atoms with Crippen molar-refractivity contribution < 1.29 is 4.79 Å². The molecule has 0 fully saturated rings. The zero-order valence-corrected chi connectivity index (χ0v) is 10.6. The highest BCUT2D eigenvalue weighted by Crippen LogP contribution is 2.18. The van der Waals surface area contributed by atoms with Gasteiger partial charge in [0.25, 0.3) is 0 Å². The van der Waals surface area contributed by atoms with Gasteiger partial charge in [0, 0.05) is 17.8 Å². The molecule has 13 heavy (non-hydrogen) atoms. The third-order valence-corrected chi connectivity index (χ3v) is 2.52. The molecule has 1 atom stereocenters. The first-order valence-corrected chi connectivity index (χ1v) is 5.86. The summed E-state index contributed by atoms with van der Waals surface area (Å²) < 4.78 is 0. The Bertz CT molecular complexity index is 159. The van der Waals surface area contributed by atoms with Crippen molar-refractivity contribution in [2.45, 2.75) is 46.6 Å². The highest BCUT2D eigenvalue weighted by atomic mass is 79.9. The predicted octanol–water partition coefficient (Wildman–Crippen LogP) is 2.71. The monoisotopic (exact) mass is 249 g/mol. The molecule has 1 unspecified atom stereocenters. The van der Waals surface area contributed by atoms with Gasteiger partial charge >= 0.3 is 0 Å². The summed E-state index contributed by atoms with van der Waals surface area (Å²) in [5.74, 6) is 0.152. The lowest BCUT2D eigenvalue weighted by Gasteiger charge is -2.20. The SMILES string of the molecule is CCC(CBr)NC(=O)CC(C)(C)C. The largest absolute Gasteiger partial charge is 0.353 e. The Hall–Kier alpha value is -0.0500. The summed E-state index contributed by atoms with van der Waals surface area (Å²) in [6, 6.07) is 0.273. The molecule has 0 aliphatic heterocycles. The second kappa shape index (κ2) is 5.63. The molecule has 0 rings (SSSR count). The first kappa shape index (κ1) is 12.9. The fourth-order valence-corrected chi connectivity index (χ4v) is 1.63. The minimum atomic E-state index is 0.0781. The molecule has 0 saturated heterocycles. The number of hydrogen-bond donors (Lipinski definition) is 1. The molecule has 0 saturated carbocycles. The Morgan fingerprint density at radius 3 is 2.31 bits per heavy atom. The second-order valence-electron chi connectivity index (χ2n) is 4.56. The fourth-order valence-electron chi connectivity index (χ4n) is 1.01. The standard InChI is InChI=1S/C10H20BrNO/c1-5-8(7-11)12-9(13)6-10(2,3)4/h8H,5-7H2,1-4H3,(H,12,13). The molecule has 0 radical (unpaired) electrons. The maximum absolute atomic E-state index is 11.5. The Morgan fingerprint density at radius 1 is 1.46 bits per heavy atom. The molecule has 0 aromatic heterocycles. The van der Waals surface area contributed by atoms with Crippen LogP contribution in [0.15, 0.2) is 0 Å². The molecule has 0 spiro atoms. The lowest BCUT2D eigenvalue weighted by atomic mass is 9.92. The van der Waals surface area contributed by atoms with Crippen molar-refractivity contribution in [3.63, 3.8) is 0 Å². The molecule has 0 bridgehead atoms. The van der Waals surface area contributed by atoms with Crippen LogP contribution >= 0.6 is 15.9 Å². The van der Waals surface area contributed by atoms with Crippen LogP contribution in [0.3, 0.4) is 0 Å². The third kappa shape index (κ3) is 7.05. The Morgan fingerprint density at radius 2 is 2.00 bits per heavy atom. The van der Waals surface area contributed by atoms with E-state index in [-0.39, 0.29) is 17.4 Å². The van der Waals surface area contributed by atoms with Crippen LogP contribution in [0.25, 0.3) is 0 Å². The van der Waals surface area contributed by atoms with Crippen LogP contribution in [-0.4, -0.2) is 17.3 Å². The minimum absolute atomic E-state index is 0.0781. The number of hydrogen-bond acceptors (Lipinski definition) is 1. The minimum Gasteiger partial charge on any atom is -0.353 e. The maximum Gasteiger partial charge on any atom is 0.220 e. The zero-order valence-electron chi connectivity index (χ0n) is 8.98. The van der Waals surface area contributed by atoms with Gasteiger partial charge in [-0.25, -0.2) is 0 Å². The van der Waals surface area contributed by atoms with Gasteiger partial charge < -0.3 is 5.32 Å². The van der Waals surface area contributed by atoms with E-state index in [1.165, 1.54) is 0 Å². The highest BCUT2D eigenvalue weighted by molar-refractivity contribution is 9.09. The summed E-state index contributed by atoms with van der Waals surface area (Å²) in [5.41, 5.74) is 0.0781. The van der Waals surface area contributed by atoms with Gasteiger partial charge in [-0.3, -0.25) is 4.79 Å². The Kier molecular flexibility index (Phi) is 5.61. The van der Waals surface area contributed by atoms with E-state index in [0.29, 0.717) is 6.42 Å². The summed E-state index contributed by atoms with van der Waals surface area (Å²) in [5, 5.41) is 3.82. The normalized spacial score (nSPS) is 13.9. The van der Waals surface area contributed by atoms with Crippen LogP contribution in [0.1, 0.15) is 40.5 Å². The Balaban J connectivity index is 3.86. The van der Waals surface area contributed by atoms with E-state index in [4.69, 9.17) is 0 Å². The quantitative estimate of drug-likeness (QED) is 0.763. The van der Waals surface area contributed by atoms with Gasteiger partial charge in [-0.2, -0.15) is 0 Å². The summed E-state index contributed by atoms with van der Waals surface area (Å²) in [6.45, 7) is 8.29. The van der Waals surface area contributed by atoms with Crippen molar-refractivity contribution in [3.05, 3.63) is 0 Å². The van der Waals surface area contributed by atoms with Crippen molar-refractivity contribution in [3.8, 4) is 0 Å². The predicted molar refractivity (Wildman–Crippen MR) is 60.1 cm³/mol. The number of nitrogens with one attached hydrogen (secondary N) is 1. The van der Waals surface area contributed by atoms with E-state index in [1.54, 1.807) is 0 Å². The smallest absolute Gasteiger partial charge is 0.220 e. The molecule has 0 aliphatic carbocycles. The molecule has 0 aromatic rings. The van der Waals surface area contributed by atoms with E-state index >= 15 is 0 Å². The summed E-state index contributed by atoms with van der Waals surface area (Å²) in [4.78, 5) is 11.5. The number of rotatable bonds is 4. The van der Waals surface area contributed by atoms with Crippen LogP contribution in [0, 0.1) is 5.41 Å². The number of carbonyl (C=O) groups is 1. The number of halogens is 1. The Labute approximate surface area is 89.6 Å². The number of alkyl halides is 1. The van der Waals surface area contributed by atoms with Crippen molar-refractivity contribution in [1.82, 2.24) is 5.32 Å². The molecular weight excluding hydrogens is 230 g/mol. The molecule has 3 heteroatoms. The van der Waals surface area contributed by atoms with Crippen LogP contribution in [0.2, 0.25) is 0 Å². The summed E-state index contributed by atoms with van der Waals surface area (Å²) in [7, 11) is 0. The molecule has 0 aromatic carbocycles. The highest BCUT2D eigenvalue weighted by Gasteiger charge is 2.17. The molecule has 1 N–H and O–H groups in total. The van der Waals surface area contributed by atoms with Crippen LogP contribution in [-0.2, 0) is 4.79 Å². The molecule has 78 valence electrons. The van der Waals surface area contributed by atoms with E-state index in [1.807, 2.05) is 0 Å². The first-order valence-electron chi connectivity index (χ1n) is 4.74. The first-order chi connectivity index (χ1) is 5.89. The van der Waals surface area contributed by atoms with E-state index in [0.717, 1.165) is 11.8 Å². The lowest BCUT2D eigenvalue weighted by Crippen LogP contribution is -2.37. The third-order valence-electron chi connectivity index (χ3n) is 1.74. The van der Waals surface area contributed by atoms with Gasteiger partial charge in [0.05, 0.1) is 0 Å². The van der Waals surface area contributed by atoms with Gasteiger partial charge in [-0.05, 0) is 11.8 Å². The van der Waals surface area contributed by atoms with Gasteiger partial charge in [0.15, 0.2) is 0 Å². The number of carbonyl (C=O) groups excluding carboxylic acids is 1. The maximum atomic E-state index is 11.5. The fraction of sp³-hybridized carbons (Fsp3) is 0.900. The molecule has 2 nitrogen and oxygen atoms in total. The van der Waals surface area contributed by atoms with E-state index < -0.39 is 0 Å². The van der Waals surface area contributed by atoms with Crippen molar-refractivity contribution in [2.24, 2.45) is 5.41 Å². The topological polar surface area (TPSA) is 29.1 Å². The summed E-state index contributed by atoms with van der Waals surface area (Å²) in [6.07, 6.45) is 1.57. The zero-order chi connectivity index (χ0) is 10.5. The number of amides is 1. The van der Waals surface area contributed by atoms with E-state index in [9.17, 15) is 4.79 Å². The lowest BCUT2D eigenvalue weighted by molar-refractivity contribution is -0.123. The average molecular weight is 250 g/mol. The van der Waals surface area contributed by atoms with Crippen molar-refractivity contribution in [2.75, 3.05) is 5.33 Å². The molecule has 0 aliphatic rings. The molecular formula is C10H20BrNO. The second-order valence-corrected chi connectivity index (χ2v) is 5.21. The van der Waals surface area contributed by atoms with Crippen molar-refractivity contribution in [1.29, 1.82) is 0 Å². The molecule has 0 heterocycles. The van der Waals surface area contributed by atoms with Gasteiger partial charge in [0.1, 0.15) is 0 Å². The summed E-state index contributed by atoms with van der Waals surface area (Å²) >= 11 is 3.37.